The molecule has 1 aliphatic rings. The first kappa shape index (κ1) is 17.2. The predicted octanol–water partition coefficient (Wildman–Crippen LogP) is 1.99. The van der Waals surface area contributed by atoms with Crippen molar-refractivity contribution in [3.63, 3.8) is 0 Å². The number of carbonyl (C=O) groups excluding carboxylic acids is 2. The lowest BCUT2D eigenvalue weighted by atomic mass is 9.97. The van der Waals surface area contributed by atoms with E-state index in [0.717, 1.165) is 5.56 Å². The highest BCUT2D eigenvalue weighted by molar-refractivity contribution is 5.95. The van der Waals surface area contributed by atoms with E-state index in [-0.39, 0.29) is 11.8 Å². The monoisotopic (exact) mass is 316 g/mol. The number of benzene rings is 1. The second kappa shape index (κ2) is 6.54. The zero-order valence-electron chi connectivity index (χ0n) is 14.0. The van der Waals surface area contributed by atoms with Crippen molar-refractivity contribution < 1.29 is 14.7 Å². The van der Waals surface area contributed by atoms with Crippen molar-refractivity contribution in [2.24, 2.45) is 0 Å². The van der Waals surface area contributed by atoms with E-state index < -0.39 is 11.6 Å². The zero-order valence-corrected chi connectivity index (χ0v) is 14.0. The Morgan fingerprint density at radius 1 is 1.26 bits per heavy atom. The molecule has 1 atom stereocenters. The van der Waals surface area contributed by atoms with Crippen molar-refractivity contribution in [1.29, 1.82) is 0 Å². The Morgan fingerprint density at radius 3 is 2.35 bits per heavy atom. The van der Waals surface area contributed by atoms with Crippen molar-refractivity contribution in [3.8, 4) is 0 Å². The molecule has 1 heterocycles. The minimum atomic E-state index is -0.549. The van der Waals surface area contributed by atoms with E-state index >= 15 is 0 Å². The quantitative estimate of drug-likeness (QED) is 0.868. The molecule has 1 aromatic rings. The van der Waals surface area contributed by atoms with E-state index in [9.17, 15) is 14.7 Å². The number of amides is 2. The molecule has 5 heteroatoms. The standard InChI is InChI=1S/C18H24N2O3/c1-5-16(22)20-11-10-19(12-18(20,3)4)17(23)15-8-6-14(7-9-15)13(2)21/h5-9,13,21H,1,10-12H2,2-4H3/t13-/m0/s1. The molecule has 2 rings (SSSR count). The highest BCUT2D eigenvalue weighted by Gasteiger charge is 2.37. The molecular formula is C18H24N2O3. The van der Waals surface area contributed by atoms with Crippen LogP contribution in [0.2, 0.25) is 0 Å². The summed E-state index contributed by atoms with van der Waals surface area (Å²) >= 11 is 0. The van der Waals surface area contributed by atoms with Gasteiger partial charge in [0.15, 0.2) is 0 Å². The Kier molecular flexibility index (Phi) is 4.90. The van der Waals surface area contributed by atoms with Crippen LogP contribution < -0.4 is 0 Å². The van der Waals surface area contributed by atoms with Gasteiger partial charge >= 0.3 is 0 Å². The molecule has 1 N–H and O–H groups in total. The SMILES string of the molecule is C=CC(=O)N1CCN(C(=O)c2ccc([C@H](C)O)cc2)CC1(C)C. The van der Waals surface area contributed by atoms with Crippen LogP contribution in [-0.2, 0) is 4.79 Å². The van der Waals surface area contributed by atoms with Crippen molar-refractivity contribution in [2.75, 3.05) is 19.6 Å². The fourth-order valence-corrected chi connectivity index (χ4v) is 2.93. The number of aliphatic hydroxyl groups excluding tert-OH is 1. The van der Waals surface area contributed by atoms with Gasteiger partial charge in [0.05, 0.1) is 11.6 Å². The van der Waals surface area contributed by atoms with E-state index in [1.54, 1.807) is 41.0 Å². The van der Waals surface area contributed by atoms with Gasteiger partial charge in [0.25, 0.3) is 5.91 Å². The molecule has 0 spiro atoms. The van der Waals surface area contributed by atoms with Crippen LogP contribution in [0.5, 0.6) is 0 Å². The molecule has 0 saturated carbocycles. The maximum absolute atomic E-state index is 12.7. The van der Waals surface area contributed by atoms with Crippen LogP contribution in [0.4, 0.5) is 0 Å². The molecule has 1 saturated heterocycles. The van der Waals surface area contributed by atoms with Gasteiger partial charge in [-0.25, -0.2) is 0 Å². The lowest BCUT2D eigenvalue weighted by Gasteiger charge is -2.46. The summed E-state index contributed by atoms with van der Waals surface area (Å²) in [6, 6.07) is 7.00. The summed E-state index contributed by atoms with van der Waals surface area (Å²) in [4.78, 5) is 28.1. The number of carbonyl (C=O) groups is 2. The van der Waals surface area contributed by atoms with Gasteiger partial charge in [0.1, 0.15) is 0 Å². The average molecular weight is 316 g/mol. The number of piperazine rings is 1. The Morgan fingerprint density at radius 2 is 1.87 bits per heavy atom. The summed E-state index contributed by atoms with van der Waals surface area (Å²) in [6.45, 7) is 10.6. The van der Waals surface area contributed by atoms with Gasteiger partial charge < -0.3 is 14.9 Å². The lowest BCUT2D eigenvalue weighted by Crippen LogP contribution is -2.61. The van der Waals surface area contributed by atoms with Crippen LogP contribution >= 0.6 is 0 Å². The smallest absolute Gasteiger partial charge is 0.253 e. The van der Waals surface area contributed by atoms with Gasteiger partial charge in [-0.15, -0.1) is 0 Å². The number of nitrogens with zero attached hydrogens (tertiary/aromatic N) is 2. The number of rotatable bonds is 3. The van der Waals surface area contributed by atoms with Crippen LogP contribution in [0.15, 0.2) is 36.9 Å². The van der Waals surface area contributed by atoms with Crippen molar-refractivity contribution in [3.05, 3.63) is 48.0 Å². The number of hydrogen-bond donors (Lipinski definition) is 1. The van der Waals surface area contributed by atoms with Gasteiger partial charge in [0.2, 0.25) is 5.91 Å². The lowest BCUT2D eigenvalue weighted by molar-refractivity contribution is -0.134. The average Bonchev–Trinajstić information content (AvgIpc) is 2.52. The van der Waals surface area contributed by atoms with E-state index in [0.29, 0.717) is 25.2 Å². The normalized spacial score (nSPS) is 18.4. The third-order valence-corrected chi connectivity index (χ3v) is 4.27. The first-order chi connectivity index (χ1) is 10.8. The highest BCUT2D eigenvalue weighted by atomic mass is 16.3. The van der Waals surface area contributed by atoms with Crippen molar-refractivity contribution in [2.45, 2.75) is 32.4 Å². The molecule has 5 nitrogen and oxygen atoms in total. The first-order valence-electron chi connectivity index (χ1n) is 7.77. The Hall–Kier alpha value is -2.14. The van der Waals surface area contributed by atoms with Crippen LogP contribution in [0.3, 0.4) is 0 Å². The van der Waals surface area contributed by atoms with E-state index in [1.807, 2.05) is 13.8 Å². The summed E-state index contributed by atoms with van der Waals surface area (Å²) < 4.78 is 0. The zero-order chi connectivity index (χ0) is 17.2. The van der Waals surface area contributed by atoms with Crippen LogP contribution in [0.25, 0.3) is 0 Å². The highest BCUT2D eigenvalue weighted by Crippen LogP contribution is 2.23. The minimum absolute atomic E-state index is 0.0547. The molecule has 1 aliphatic heterocycles. The molecule has 0 aromatic heterocycles. The summed E-state index contributed by atoms with van der Waals surface area (Å²) in [5.74, 6) is -0.163. The maximum atomic E-state index is 12.7. The third kappa shape index (κ3) is 3.62. The van der Waals surface area contributed by atoms with E-state index in [4.69, 9.17) is 0 Å². The van der Waals surface area contributed by atoms with Gasteiger partial charge in [-0.05, 0) is 44.5 Å². The van der Waals surface area contributed by atoms with Gasteiger partial charge in [-0.3, -0.25) is 9.59 Å². The first-order valence-corrected chi connectivity index (χ1v) is 7.77. The van der Waals surface area contributed by atoms with Crippen molar-refractivity contribution >= 4 is 11.8 Å². The molecule has 23 heavy (non-hydrogen) atoms. The molecule has 124 valence electrons. The van der Waals surface area contributed by atoms with Gasteiger partial charge in [-0.2, -0.15) is 0 Å². The van der Waals surface area contributed by atoms with Gasteiger partial charge in [-0.1, -0.05) is 18.7 Å². The third-order valence-electron chi connectivity index (χ3n) is 4.27. The van der Waals surface area contributed by atoms with Crippen LogP contribution in [0.1, 0.15) is 42.8 Å². The van der Waals surface area contributed by atoms with Crippen LogP contribution in [0, 0.1) is 0 Å². The largest absolute Gasteiger partial charge is 0.389 e. The summed E-state index contributed by atoms with van der Waals surface area (Å²) in [5, 5.41) is 9.53. The molecule has 1 aromatic carbocycles. The molecule has 0 bridgehead atoms. The fourth-order valence-electron chi connectivity index (χ4n) is 2.93. The topological polar surface area (TPSA) is 60.9 Å². The predicted molar refractivity (Wildman–Crippen MR) is 89.0 cm³/mol. The molecule has 0 aliphatic carbocycles. The fraction of sp³-hybridized carbons (Fsp3) is 0.444. The number of aliphatic hydroxyl groups is 1. The second-order valence-corrected chi connectivity index (χ2v) is 6.53. The molecule has 0 unspecified atom stereocenters. The van der Waals surface area contributed by atoms with Gasteiger partial charge in [0, 0.05) is 25.2 Å². The minimum Gasteiger partial charge on any atom is -0.389 e. The number of hydrogen-bond acceptors (Lipinski definition) is 3. The van der Waals surface area contributed by atoms with E-state index in [1.165, 1.54) is 6.08 Å². The molecule has 2 amide bonds. The molecule has 0 radical (unpaired) electrons. The summed E-state index contributed by atoms with van der Waals surface area (Å²) in [7, 11) is 0. The maximum Gasteiger partial charge on any atom is 0.253 e. The molecular weight excluding hydrogens is 292 g/mol. The van der Waals surface area contributed by atoms with Crippen LogP contribution in [-0.4, -0.2) is 51.9 Å². The molecule has 1 fully saturated rings. The van der Waals surface area contributed by atoms with Crippen molar-refractivity contribution in [1.82, 2.24) is 9.80 Å². The summed E-state index contributed by atoms with van der Waals surface area (Å²) in [6.07, 6.45) is 0.764. The van der Waals surface area contributed by atoms with E-state index in [2.05, 4.69) is 6.58 Å². The second-order valence-electron chi connectivity index (χ2n) is 6.53. The Balaban J connectivity index is 2.12. The summed E-state index contributed by atoms with van der Waals surface area (Å²) in [5.41, 5.74) is 0.940. The Labute approximate surface area is 137 Å². The Bertz CT molecular complexity index is 605.